The molecule has 0 heterocycles. The Bertz CT molecular complexity index is 539. The summed E-state index contributed by atoms with van der Waals surface area (Å²) >= 11 is 0. The summed E-state index contributed by atoms with van der Waals surface area (Å²) in [5.74, 6) is -0.483. The number of hydrogen-bond acceptors (Lipinski definition) is 4. The molecule has 0 amide bonds. The van der Waals surface area contributed by atoms with Crippen molar-refractivity contribution in [3.05, 3.63) is 24.0 Å². The maximum Gasteiger partial charge on any atom is 0.178 e. The molecular formula is C13H18FNO3S. The van der Waals surface area contributed by atoms with Crippen molar-refractivity contribution in [3.63, 3.8) is 0 Å². The second-order valence-electron chi connectivity index (χ2n) is 5.02. The first-order chi connectivity index (χ1) is 8.88. The smallest absolute Gasteiger partial charge is 0.178 e. The molecule has 4 nitrogen and oxygen atoms in total. The normalized spacial score (nSPS) is 24.1. The number of benzene rings is 1. The lowest BCUT2D eigenvalue weighted by Crippen LogP contribution is -2.33. The zero-order valence-corrected chi connectivity index (χ0v) is 11.6. The van der Waals surface area contributed by atoms with Crippen molar-refractivity contribution in [2.75, 3.05) is 12.0 Å². The van der Waals surface area contributed by atoms with Crippen molar-refractivity contribution in [2.24, 2.45) is 0 Å². The van der Waals surface area contributed by atoms with Gasteiger partial charge in [-0.1, -0.05) is 6.07 Å². The molecule has 2 unspecified atom stereocenters. The van der Waals surface area contributed by atoms with Gasteiger partial charge in [-0.2, -0.15) is 0 Å². The van der Waals surface area contributed by atoms with E-state index >= 15 is 0 Å². The molecular weight excluding hydrogens is 269 g/mol. The topological polar surface area (TPSA) is 69.4 Å². The van der Waals surface area contributed by atoms with Gasteiger partial charge in [-0.3, -0.25) is 0 Å². The third-order valence-corrected chi connectivity index (χ3v) is 5.10. The largest absolute Gasteiger partial charge is 0.485 e. The lowest BCUT2D eigenvalue weighted by Gasteiger charge is -2.29. The molecule has 0 radical (unpaired) electrons. The van der Waals surface area contributed by atoms with Crippen LogP contribution in [0.1, 0.15) is 25.7 Å². The van der Waals surface area contributed by atoms with E-state index in [0.717, 1.165) is 12.8 Å². The van der Waals surface area contributed by atoms with Crippen LogP contribution < -0.4 is 10.5 Å². The van der Waals surface area contributed by atoms with Crippen molar-refractivity contribution < 1.29 is 17.5 Å². The van der Waals surface area contributed by atoms with Gasteiger partial charge < -0.3 is 10.5 Å². The van der Waals surface area contributed by atoms with Crippen molar-refractivity contribution >= 4 is 15.5 Å². The average molecular weight is 287 g/mol. The predicted octanol–water partition coefficient (Wildman–Crippen LogP) is 2.14. The van der Waals surface area contributed by atoms with Crippen LogP contribution in [0.4, 0.5) is 10.1 Å². The average Bonchev–Trinajstić information content (AvgIpc) is 2.33. The number of hydrogen-bond donors (Lipinski definition) is 1. The first-order valence-electron chi connectivity index (χ1n) is 6.27. The summed E-state index contributed by atoms with van der Waals surface area (Å²) in [6.45, 7) is 0. The fourth-order valence-electron chi connectivity index (χ4n) is 2.41. The van der Waals surface area contributed by atoms with Gasteiger partial charge in [-0.05, 0) is 31.4 Å². The Morgan fingerprint density at radius 1 is 1.37 bits per heavy atom. The first-order valence-corrected chi connectivity index (χ1v) is 8.23. The van der Waals surface area contributed by atoms with Crippen LogP contribution >= 0.6 is 0 Å². The molecule has 6 heteroatoms. The second-order valence-corrected chi connectivity index (χ2v) is 7.34. The number of ether oxygens (including phenoxy) is 1. The van der Waals surface area contributed by atoms with Crippen LogP contribution in [-0.4, -0.2) is 26.0 Å². The standard InChI is InChI=1S/C13H18FNO3S/c1-19(16,17)10-5-2-4-9(8-10)18-13-11(14)6-3-7-12(13)15/h3,6-7,9-10H,2,4-5,8,15H2,1H3. The number of rotatable bonds is 3. The Labute approximate surface area is 112 Å². The van der Waals surface area contributed by atoms with Gasteiger partial charge in [0.25, 0.3) is 0 Å². The van der Waals surface area contributed by atoms with Crippen LogP contribution in [0.3, 0.4) is 0 Å². The van der Waals surface area contributed by atoms with Gasteiger partial charge in [0.05, 0.1) is 10.9 Å². The van der Waals surface area contributed by atoms with Crippen LogP contribution in [0.2, 0.25) is 0 Å². The van der Waals surface area contributed by atoms with Gasteiger partial charge in [-0.15, -0.1) is 0 Å². The van der Waals surface area contributed by atoms with Crippen molar-refractivity contribution in [1.82, 2.24) is 0 Å². The second kappa shape index (κ2) is 5.36. The highest BCUT2D eigenvalue weighted by Gasteiger charge is 2.30. The molecule has 0 spiro atoms. The van der Waals surface area contributed by atoms with Gasteiger partial charge in [-0.25, -0.2) is 12.8 Å². The number of nitrogen functional groups attached to an aromatic ring is 1. The molecule has 1 aliphatic carbocycles. The van der Waals surface area contributed by atoms with Crippen molar-refractivity contribution in [1.29, 1.82) is 0 Å². The Balaban J connectivity index is 2.11. The zero-order valence-electron chi connectivity index (χ0n) is 10.8. The van der Waals surface area contributed by atoms with E-state index in [0.29, 0.717) is 12.8 Å². The molecule has 0 bridgehead atoms. The summed E-state index contributed by atoms with van der Waals surface area (Å²) in [6, 6.07) is 4.36. The van der Waals surface area contributed by atoms with Crippen molar-refractivity contribution in [2.45, 2.75) is 37.0 Å². The van der Waals surface area contributed by atoms with Crippen LogP contribution in [0, 0.1) is 5.82 Å². The summed E-state index contributed by atoms with van der Waals surface area (Å²) in [5.41, 5.74) is 5.91. The molecule has 1 aromatic carbocycles. The van der Waals surface area contributed by atoms with E-state index in [1.807, 2.05) is 0 Å². The predicted molar refractivity (Wildman–Crippen MR) is 72.3 cm³/mol. The number of nitrogens with two attached hydrogens (primary N) is 1. The number of sulfone groups is 1. The highest BCUT2D eigenvalue weighted by Crippen LogP contribution is 2.31. The lowest BCUT2D eigenvalue weighted by molar-refractivity contribution is 0.151. The van der Waals surface area contributed by atoms with Crippen LogP contribution in [-0.2, 0) is 9.84 Å². The van der Waals surface area contributed by atoms with E-state index in [9.17, 15) is 12.8 Å². The maximum absolute atomic E-state index is 13.6. The van der Waals surface area contributed by atoms with Gasteiger partial charge in [0, 0.05) is 12.7 Å². The lowest BCUT2D eigenvalue weighted by atomic mass is 9.97. The minimum absolute atomic E-state index is 0.0293. The number of anilines is 1. The van der Waals surface area contributed by atoms with Crippen molar-refractivity contribution in [3.8, 4) is 5.75 Å². The summed E-state index contributed by atoms with van der Waals surface area (Å²) in [6.07, 6.45) is 3.46. The van der Waals surface area contributed by atoms with E-state index < -0.39 is 20.9 Å². The summed E-state index contributed by atoms with van der Waals surface area (Å²) < 4.78 is 42.3. The van der Waals surface area contributed by atoms with Gasteiger partial charge in [0.1, 0.15) is 15.9 Å². The summed E-state index contributed by atoms with van der Waals surface area (Å²) in [4.78, 5) is 0. The third-order valence-electron chi connectivity index (χ3n) is 3.47. The molecule has 1 aromatic rings. The minimum Gasteiger partial charge on any atom is -0.485 e. The van der Waals surface area contributed by atoms with Gasteiger partial charge >= 0.3 is 0 Å². The first kappa shape index (κ1) is 14.1. The SMILES string of the molecule is CS(=O)(=O)C1CCCC(Oc2c(N)cccc2F)C1. The van der Waals surface area contributed by atoms with E-state index in [1.165, 1.54) is 18.4 Å². The Morgan fingerprint density at radius 2 is 2.11 bits per heavy atom. The van der Waals surface area contributed by atoms with Gasteiger partial charge in [0.2, 0.25) is 0 Å². The molecule has 0 aliphatic heterocycles. The summed E-state index contributed by atoms with van der Waals surface area (Å²) in [5, 5.41) is -0.403. The molecule has 1 fully saturated rings. The molecule has 1 saturated carbocycles. The molecule has 0 saturated heterocycles. The molecule has 1 aliphatic rings. The minimum atomic E-state index is -3.08. The Kier molecular flexibility index (Phi) is 3.99. The Morgan fingerprint density at radius 3 is 2.74 bits per heavy atom. The van der Waals surface area contributed by atoms with Crippen LogP contribution in [0.15, 0.2) is 18.2 Å². The summed E-state index contributed by atoms with van der Waals surface area (Å²) in [7, 11) is -3.08. The fraction of sp³-hybridized carbons (Fsp3) is 0.538. The quantitative estimate of drug-likeness (QED) is 0.865. The molecule has 106 valence electrons. The molecule has 2 N–H and O–H groups in total. The van der Waals surface area contributed by atoms with E-state index in [4.69, 9.17) is 10.5 Å². The molecule has 2 rings (SSSR count). The van der Waals surface area contributed by atoms with E-state index in [2.05, 4.69) is 0 Å². The van der Waals surface area contributed by atoms with E-state index in [1.54, 1.807) is 6.07 Å². The number of para-hydroxylation sites is 1. The zero-order chi connectivity index (χ0) is 14.0. The fourth-order valence-corrected chi connectivity index (χ4v) is 3.57. The molecule has 19 heavy (non-hydrogen) atoms. The van der Waals surface area contributed by atoms with Crippen LogP contribution in [0.25, 0.3) is 0 Å². The number of halogens is 1. The molecule has 0 aromatic heterocycles. The molecule has 2 atom stereocenters. The third kappa shape index (κ3) is 3.37. The monoisotopic (exact) mass is 287 g/mol. The van der Waals surface area contributed by atoms with E-state index in [-0.39, 0.29) is 17.5 Å². The Hall–Kier alpha value is -1.30. The van der Waals surface area contributed by atoms with Crippen LogP contribution in [0.5, 0.6) is 5.75 Å². The van der Waals surface area contributed by atoms with Gasteiger partial charge in [0.15, 0.2) is 11.6 Å². The highest BCUT2D eigenvalue weighted by molar-refractivity contribution is 7.91. The maximum atomic E-state index is 13.6. The highest BCUT2D eigenvalue weighted by atomic mass is 32.2.